The van der Waals surface area contributed by atoms with Gasteiger partial charge in [0.05, 0.1) is 45.8 Å². The van der Waals surface area contributed by atoms with Crippen LogP contribution >= 0.6 is 0 Å². The molecule has 3 aliphatic rings. The van der Waals surface area contributed by atoms with Crippen molar-refractivity contribution in [1.29, 1.82) is 0 Å². The first-order chi connectivity index (χ1) is 46.2. The number of aliphatic imine (C=N–C) groups is 1. The number of aliphatic carboxylic acids is 7. The average molecular weight is 1350 g/mol. The van der Waals surface area contributed by atoms with Gasteiger partial charge in [0.25, 0.3) is 0 Å². The van der Waals surface area contributed by atoms with Crippen LogP contribution in [0.15, 0.2) is 126 Å². The Labute approximate surface area is 567 Å². The van der Waals surface area contributed by atoms with Gasteiger partial charge in [0.1, 0.15) is 6.23 Å². The number of nitrogens with one attached hydrogen (secondary N) is 7. The van der Waals surface area contributed by atoms with E-state index in [0.29, 0.717) is 50.2 Å². The predicted octanol–water partition coefficient (Wildman–Crippen LogP) is 7.24. The highest BCUT2D eigenvalue weighted by molar-refractivity contribution is 5.75. The van der Waals surface area contributed by atoms with E-state index >= 15 is 0 Å². The predicted molar refractivity (Wildman–Crippen MR) is 374 cm³/mol. The normalized spacial score (nSPS) is 14.5. The minimum Gasteiger partial charge on any atom is -0.480 e. The molecule has 0 spiro atoms. The zero-order chi connectivity index (χ0) is 70.8. The summed E-state index contributed by atoms with van der Waals surface area (Å²) in [5, 5.41) is 87.3. The second-order valence-electron chi connectivity index (χ2n) is 23.6. The van der Waals surface area contributed by atoms with Crippen molar-refractivity contribution in [2.75, 3.05) is 72.0 Å². The van der Waals surface area contributed by atoms with Crippen LogP contribution in [0.5, 0.6) is 0 Å². The summed E-state index contributed by atoms with van der Waals surface area (Å²) in [6.07, 6.45) is 24.8. The Morgan fingerprint density at radius 2 is 0.688 bits per heavy atom. The van der Waals surface area contributed by atoms with E-state index in [1.165, 1.54) is 113 Å². The molecule has 536 valence electrons. The second-order valence-corrected chi connectivity index (χ2v) is 23.6. The van der Waals surface area contributed by atoms with Gasteiger partial charge in [0, 0.05) is 43.1 Å². The van der Waals surface area contributed by atoms with Gasteiger partial charge in [-0.3, -0.25) is 43.9 Å². The van der Waals surface area contributed by atoms with Crippen LogP contribution in [0.3, 0.4) is 0 Å². The third-order valence-corrected chi connectivity index (χ3v) is 15.1. The Morgan fingerprint density at radius 3 is 0.979 bits per heavy atom. The van der Waals surface area contributed by atoms with Crippen LogP contribution in [-0.2, 0) is 33.6 Å². The SMILES string of the molecule is CC(O)NCC(=O)O.NC(N)=NCCCNCC(=O)O.O=C(O)CNC1CC1.O=C(O)CNC1CCCCCCC1.O=C(O)CNC1CCCCCCCCCC1.O=C(O)CNCC(c1ccccc1)c1ccccc1.O=C(O)CNCCC(c1ccccc1)c1ccccc1. The van der Waals surface area contributed by atoms with E-state index in [1.807, 2.05) is 72.8 Å². The number of nitrogens with zero attached hydrogens (tertiary/aromatic N) is 1. The first-order valence-electron chi connectivity index (χ1n) is 33.7. The third-order valence-electron chi connectivity index (χ3n) is 15.1. The van der Waals surface area contributed by atoms with E-state index in [2.05, 4.69) is 90.7 Å². The lowest BCUT2D eigenvalue weighted by Gasteiger charge is -2.19. The van der Waals surface area contributed by atoms with Gasteiger partial charge in [-0.2, -0.15) is 0 Å². The minimum atomic E-state index is -0.967. The van der Waals surface area contributed by atoms with E-state index in [4.69, 9.17) is 52.3 Å². The lowest BCUT2D eigenvalue weighted by atomic mass is 9.88. The maximum Gasteiger partial charge on any atom is 0.317 e. The number of benzene rings is 4. The van der Waals surface area contributed by atoms with Crippen LogP contribution in [0.4, 0.5) is 0 Å². The molecule has 19 N–H and O–H groups in total. The topological polar surface area (TPSA) is 430 Å². The lowest BCUT2D eigenvalue weighted by Crippen LogP contribution is -2.33. The highest BCUT2D eigenvalue weighted by atomic mass is 16.4. The molecule has 0 aromatic heterocycles. The fourth-order valence-corrected chi connectivity index (χ4v) is 10.1. The maximum absolute atomic E-state index is 10.6. The van der Waals surface area contributed by atoms with Gasteiger partial charge in [0.15, 0.2) is 5.96 Å². The van der Waals surface area contributed by atoms with Crippen molar-refractivity contribution >= 4 is 47.7 Å². The van der Waals surface area contributed by atoms with Crippen molar-refractivity contribution in [2.24, 2.45) is 16.5 Å². The van der Waals surface area contributed by atoms with Gasteiger partial charge >= 0.3 is 41.8 Å². The van der Waals surface area contributed by atoms with Crippen LogP contribution < -0.4 is 48.7 Å². The van der Waals surface area contributed by atoms with Crippen molar-refractivity contribution < 1.29 is 74.4 Å². The number of rotatable bonds is 31. The number of nitrogens with two attached hydrogens (primary N) is 2. The number of aliphatic hydroxyl groups is 1. The van der Waals surface area contributed by atoms with Gasteiger partial charge in [-0.15, -0.1) is 0 Å². The minimum absolute atomic E-state index is 0.0102. The molecule has 0 amide bonds. The molecular formula is C71H112N10O15. The van der Waals surface area contributed by atoms with Gasteiger partial charge in [-0.1, -0.05) is 205 Å². The Morgan fingerprint density at radius 1 is 0.396 bits per heavy atom. The summed E-state index contributed by atoms with van der Waals surface area (Å²) >= 11 is 0. The Hall–Kier alpha value is -7.88. The second kappa shape index (κ2) is 57.4. The Bertz CT molecular complexity index is 2560. The molecule has 25 heteroatoms. The van der Waals surface area contributed by atoms with Crippen LogP contribution in [0.2, 0.25) is 0 Å². The molecule has 3 saturated carbocycles. The number of carbonyl (C=O) groups is 7. The molecule has 0 bridgehead atoms. The molecule has 0 heterocycles. The van der Waals surface area contributed by atoms with Crippen LogP contribution in [0.1, 0.15) is 176 Å². The standard InChI is InChI=1S/C17H19NO2.C16H17NO2.C13H25NO2.C10H19NO2.C6H14N4O2.C5H9NO2.C4H9NO3/c19-17(20)13-18-12-11-16(14-7-3-1-4-8-14)15-9-5-2-6-10-15;18-16(19)12-17-11-15(13-7-3-1-4-8-13)14-9-5-2-6-10-14;15-13(16)11-14-12-9-7-5-3-1-2-4-6-8-10-12;12-10(13)8-11-9-6-4-2-1-3-5-7-9;7-6(8)10-3-1-2-9-4-5(11)12;7-5(8)3-6-4-1-2-4;1-3(6)5-2-4(7)8/h1-10,16,18H,11-13H2,(H,19,20);1-10,15,17H,11-12H2,(H,18,19);12,14H,1-11H2,(H,15,16);9,11H,1-8H2,(H,12,13);9H,1-4H2,(H,11,12)(H4,7,8,10);4,6H,1-3H2,(H,7,8);3,5-6H,2H2,1H3,(H,7,8). The zero-order valence-electron chi connectivity index (χ0n) is 56.2. The summed E-state index contributed by atoms with van der Waals surface area (Å²) in [6.45, 7) is 3.99. The van der Waals surface area contributed by atoms with Crippen molar-refractivity contribution in [3.05, 3.63) is 144 Å². The van der Waals surface area contributed by atoms with Gasteiger partial charge < -0.3 is 84.2 Å². The molecule has 3 fully saturated rings. The number of guanidine groups is 1. The van der Waals surface area contributed by atoms with Crippen molar-refractivity contribution in [3.8, 4) is 0 Å². The molecule has 0 radical (unpaired) electrons. The molecule has 0 saturated heterocycles. The summed E-state index contributed by atoms with van der Waals surface area (Å²) < 4.78 is 0. The monoisotopic (exact) mass is 1340 g/mol. The number of aliphatic hydroxyl groups excluding tert-OH is 1. The molecular weight excluding hydrogens is 1230 g/mol. The van der Waals surface area contributed by atoms with Crippen LogP contribution in [-0.4, -0.2) is 185 Å². The Kier molecular flexibility index (Phi) is 51.5. The molecule has 96 heavy (non-hydrogen) atoms. The highest BCUT2D eigenvalue weighted by Gasteiger charge is 2.21. The first-order valence-corrected chi connectivity index (χ1v) is 33.7. The highest BCUT2D eigenvalue weighted by Crippen LogP contribution is 2.28. The van der Waals surface area contributed by atoms with Crippen LogP contribution in [0, 0.1) is 0 Å². The summed E-state index contributed by atoms with van der Waals surface area (Å²) in [5.41, 5.74) is 15.0. The molecule has 25 nitrogen and oxygen atoms in total. The zero-order valence-corrected chi connectivity index (χ0v) is 56.2. The van der Waals surface area contributed by atoms with Gasteiger partial charge in [0.2, 0.25) is 0 Å². The van der Waals surface area contributed by atoms with Gasteiger partial charge in [-0.05, 0) is 93.6 Å². The average Bonchev–Trinajstić information content (AvgIpc) is 1.11. The molecule has 4 aromatic carbocycles. The van der Waals surface area contributed by atoms with Crippen molar-refractivity contribution in [3.63, 3.8) is 0 Å². The summed E-state index contributed by atoms with van der Waals surface area (Å²) in [4.78, 5) is 75.3. The van der Waals surface area contributed by atoms with E-state index in [1.54, 1.807) is 0 Å². The van der Waals surface area contributed by atoms with Crippen molar-refractivity contribution in [2.45, 2.75) is 178 Å². The van der Waals surface area contributed by atoms with Gasteiger partial charge in [-0.25, -0.2) is 0 Å². The van der Waals surface area contributed by atoms with E-state index in [-0.39, 0.29) is 57.7 Å². The smallest absolute Gasteiger partial charge is 0.317 e. The number of hydrogen-bond donors (Lipinski definition) is 17. The van der Waals surface area contributed by atoms with E-state index in [0.717, 1.165) is 51.4 Å². The van der Waals surface area contributed by atoms with E-state index < -0.39 is 48.0 Å². The van der Waals surface area contributed by atoms with Crippen molar-refractivity contribution in [1.82, 2.24) is 37.2 Å². The fraction of sp³-hybridized carbons (Fsp3) is 0.549. The molecule has 1 unspecified atom stereocenters. The maximum atomic E-state index is 10.6. The quantitative estimate of drug-likeness (QED) is 0.0102. The molecule has 4 aromatic rings. The Balaban J connectivity index is 0.000000573. The molecule has 1 atom stereocenters. The van der Waals surface area contributed by atoms with E-state index in [9.17, 15) is 33.6 Å². The molecule has 7 rings (SSSR count). The largest absolute Gasteiger partial charge is 0.480 e. The summed E-state index contributed by atoms with van der Waals surface area (Å²) in [6, 6.07) is 42.3. The number of carboxylic acids is 7. The third kappa shape index (κ3) is 53.4. The molecule has 3 aliphatic carbocycles. The lowest BCUT2D eigenvalue weighted by molar-refractivity contribution is -0.137. The summed E-state index contributed by atoms with van der Waals surface area (Å²) in [7, 11) is 0. The first kappa shape index (κ1) is 86.1. The summed E-state index contributed by atoms with van der Waals surface area (Å²) in [5.74, 6) is -5.22. The fourth-order valence-electron chi connectivity index (χ4n) is 10.1. The van der Waals surface area contributed by atoms with Crippen LogP contribution in [0.25, 0.3) is 0 Å². The molecule has 0 aliphatic heterocycles. The number of hydrogen-bond acceptors (Lipinski definition) is 16. The number of carboxylic acid groups (broad SMARTS) is 7.